The lowest BCUT2D eigenvalue weighted by molar-refractivity contribution is 0.475. The van der Waals surface area contributed by atoms with Gasteiger partial charge in [-0.05, 0) is 30.2 Å². The van der Waals surface area contributed by atoms with Gasteiger partial charge in [-0.1, -0.05) is 24.3 Å². The van der Waals surface area contributed by atoms with E-state index in [1.165, 1.54) is 0 Å². The molecule has 0 fully saturated rings. The van der Waals surface area contributed by atoms with Crippen LogP contribution in [0.1, 0.15) is 17.2 Å². The van der Waals surface area contributed by atoms with E-state index in [0.29, 0.717) is 12.6 Å². The summed E-state index contributed by atoms with van der Waals surface area (Å²) < 4.78 is 66.5. The van der Waals surface area contributed by atoms with Crippen molar-refractivity contribution >= 4 is 22.4 Å². The number of hydrogen-bond acceptors (Lipinski definition) is 3. The number of sulfonamides is 1. The summed E-state index contributed by atoms with van der Waals surface area (Å²) in [5.74, 6) is -4.19. The summed E-state index contributed by atoms with van der Waals surface area (Å²) in [5.41, 5.74) is 2.07. The Balaban J connectivity index is 0.00000225. The lowest BCUT2D eigenvalue weighted by Crippen LogP contribution is -2.39. The van der Waals surface area contributed by atoms with Crippen molar-refractivity contribution in [2.75, 3.05) is 13.1 Å². The van der Waals surface area contributed by atoms with Crippen LogP contribution in [0.4, 0.5) is 13.2 Å². The molecule has 2 N–H and O–H groups in total. The van der Waals surface area contributed by atoms with Crippen LogP contribution < -0.4 is 10.0 Å². The van der Waals surface area contributed by atoms with Gasteiger partial charge in [0, 0.05) is 18.7 Å². The Morgan fingerprint density at radius 2 is 1.76 bits per heavy atom. The zero-order chi connectivity index (χ0) is 17.3. The van der Waals surface area contributed by atoms with Crippen LogP contribution in [0, 0.1) is 17.5 Å². The van der Waals surface area contributed by atoms with E-state index >= 15 is 0 Å². The predicted molar refractivity (Wildman–Crippen MR) is 89.6 cm³/mol. The van der Waals surface area contributed by atoms with Crippen LogP contribution in [0.25, 0.3) is 0 Å². The van der Waals surface area contributed by atoms with Crippen molar-refractivity contribution in [2.24, 2.45) is 0 Å². The van der Waals surface area contributed by atoms with Gasteiger partial charge in [0.25, 0.3) is 0 Å². The first-order valence-corrected chi connectivity index (χ1v) is 8.82. The highest BCUT2D eigenvalue weighted by Crippen LogP contribution is 2.23. The van der Waals surface area contributed by atoms with Crippen molar-refractivity contribution < 1.29 is 21.6 Å². The molecule has 1 heterocycles. The molecule has 0 aromatic heterocycles. The SMILES string of the molecule is Cl.O=S(=O)(NCC1NCCc2ccccc21)c1cc(F)c(F)cc1F. The van der Waals surface area contributed by atoms with E-state index in [-0.39, 0.29) is 31.1 Å². The second-order valence-electron chi connectivity index (χ2n) is 5.50. The molecule has 2 aromatic carbocycles. The Hall–Kier alpha value is -1.61. The van der Waals surface area contributed by atoms with Crippen molar-refractivity contribution in [2.45, 2.75) is 17.4 Å². The highest BCUT2D eigenvalue weighted by molar-refractivity contribution is 7.89. The average molecular weight is 393 g/mol. The molecule has 3 rings (SSSR count). The molecular weight excluding hydrogens is 377 g/mol. The molecular formula is C16H16ClF3N2O2S. The monoisotopic (exact) mass is 392 g/mol. The van der Waals surface area contributed by atoms with Crippen molar-refractivity contribution in [3.05, 3.63) is 65.0 Å². The Bertz CT molecular complexity index is 878. The minimum Gasteiger partial charge on any atom is -0.308 e. The molecule has 1 aliphatic heterocycles. The Morgan fingerprint density at radius 3 is 2.52 bits per heavy atom. The van der Waals surface area contributed by atoms with E-state index in [0.717, 1.165) is 17.5 Å². The molecule has 0 saturated heterocycles. The fourth-order valence-corrected chi connectivity index (χ4v) is 3.87. The van der Waals surface area contributed by atoms with Gasteiger partial charge in [0.1, 0.15) is 10.7 Å². The van der Waals surface area contributed by atoms with Crippen LogP contribution in [-0.2, 0) is 16.4 Å². The molecule has 0 bridgehead atoms. The summed E-state index contributed by atoms with van der Waals surface area (Å²) in [7, 11) is -4.30. The highest BCUT2D eigenvalue weighted by Gasteiger charge is 2.25. The number of rotatable bonds is 4. The largest absolute Gasteiger partial charge is 0.308 e. The first-order valence-electron chi connectivity index (χ1n) is 7.34. The molecule has 1 atom stereocenters. The maximum absolute atomic E-state index is 13.7. The first-order chi connectivity index (χ1) is 11.4. The van der Waals surface area contributed by atoms with Crippen LogP contribution in [0.15, 0.2) is 41.3 Å². The second-order valence-corrected chi connectivity index (χ2v) is 7.24. The Morgan fingerprint density at radius 1 is 1.08 bits per heavy atom. The third kappa shape index (κ3) is 4.14. The minimum atomic E-state index is -4.30. The predicted octanol–water partition coefficient (Wildman–Crippen LogP) is 2.69. The maximum atomic E-state index is 13.7. The summed E-state index contributed by atoms with van der Waals surface area (Å²) in [6, 6.07) is 7.89. The third-order valence-corrected chi connectivity index (χ3v) is 5.40. The van der Waals surface area contributed by atoms with Crippen molar-refractivity contribution in [3.63, 3.8) is 0 Å². The third-order valence-electron chi connectivity index (χ3n) is 3.96. The zero-order valence-corrected chi connectivity index (χ0v) is 14.6. The number of fused-ring (bicyclic) bond motifs is 1. The number of benzene rings is 2. The van der Waals surface area contributed by atoms with Gasteiger partial charge >= 0.3 is 0 Å². The molecule has 0 amide bonds. The number of halogens is 4. The zero-order valence-electron chi connectivity index (χ0n) is 12.9. The number of hydrogen-bond donors (Lipinski definition) is 2. The van der Waals surface area contributed by atoms with Gasteiger partial charge in [-0.25, -0.2) is 26.3 Å². The van der Waals surface area contributed by atoms with E-state index < -0.39 is 32.4 Å². The smallest absolute Gasteiger partial charge is 0.243 e. The molecule has 136 valence electrons. The van der Waals surface area contributed by atoms with Gasteiger partial charge < -0.3 is 5.32 Å². The van der Waals surface area contributed by atoms with E-state index in [4.69, 9.17) is 0 Å². The van der Waals surface area contributed by atoms with Gasteiger partial charge in [0.15, 0.2) is 11.6 Å². The van der Waals surface area contributed by atoms with Gasteiger partial charge in [-0.15, -0.1) is 12.4 Å². The molecule has 1 unspecified atom stereocenters. The lowest BCUT2D eigenvalue weighted by Gasteiger charge is -2.27. The molecule has 2 aromatic rings. The summed E-state index contributed by atoms with van der Waals surface area (Å²) in [6.45, 7) is 0.653. The molecule has 4 nitrogen and oxygen atoms in total. The van der Waals surface area contributed by atoms with Crippen molar-refractivity contribution in [3.8, 4) is 0 Å². The maximum Gasteiger partial charge on any atom is 0.243 e. The van der Waals surface area contributed by atoms with E-state index in [2.05, 4.69) is 10.0 Å². The summed E-state index contributed by atoms with van der Waals surface area (Å²) in [5, 5.41) is 3.18. The molecule has 25 heavy (non-hydrogen) atoms. The fraction of sp³-hybridized carbons (Fsp3) is 0.250. The second kappa shape index (κ2) is 7.74. The topological polar surface area (TPSA) is 58.2 Å². The quantitative estimate of drug-likeness (QED) is 0.786. The van der Waals surface area contributed by atoms with Crippen molar-refractivity contribution in [1.82, 2.24) is 10.0 Å². The fourth-order valence-electron chi connectivity index (χ4n) is 2.76. The highest BCUT2D eigenvalue weighted by atomic mass is 35.5. The van der Waals surface area contributed by atoms with Crippen LogP contribution >= 0.6 is 12.4 Å². The minimum absolute atomic E-state index is 0. The summed E-state index contributed by atoms with van der Waals surface area (Å²) in [4.78, 5) is -0.912. The van der Waals surface area contributed by atoms with Gasteiger partial charge in [0.2, 0.25) is 10.0 Å². The van der Waals surface area contributed by atoms with Gasteiger partial charge in [0.05, 0.1) is 0 Å². The molecule has 0 aliphatic carbocycles. The first kappa shape index (κ1) is 19.7. The molecule has 0 spiro atoms. The standard InChI is InChI=1S/C16H15F3N2O2S.ClH/c17-12-7-14(19)16(8-13(12)18)24(22,23)21-9-15-11-4-2-1-3-10(11)5-6-20-15;/h1-4,7-8,15,20-21H,5-6,9H2;1H. The molecule has 0 radical (unpaired) electrons. The van der Waals surface area contributed by atoms with Crippen molar-refractivity contribution in [1.29, 1.82) is 0 Å². The normalized spacial score (nSPS) is 16.8. The Labute approximate surface area is 149 Å². The van der Waals surface area contributed by atoms with Crippen LogP contribution in [-0.4, -0.2) is 21.5 Å². The van der Waals surface area contributed by atoms with E-state index in [9.17, 15) is 21.6 Å². The van der Waals surface area contributed by atoms with Gasteiger partial charge in [-0.3, -0.25) is 0 Å². The summed E-state index contributed by atoms with van der Waals surface area (Å²) >= 11 is 0. The van der Waals surface area contributed by atoms with Crippen LogP contribution in [0.5, 0.6) is 0 Å². The number of nitrogens with one attached hydrogen (secondary N) is 2. The summed E-state index contributed by atoms with van der Waals surface area (Å²) in [6.07, 6.45) is 0.831. The van der Waals surface area contributed by atoms with Gasteiger partial charge in [-0.2, -0.15) is 0 Å². The molecule has 0 saturated carbocycles. The van der Waals surface area contributed by atoms with E-state index in [1.54, 1.807) is 0 Å². The lowest BCUT2D eigenvalue weighted by atomic mass is 9.95. The molecule has 1 aliphatic rings. The molecule has 9 heteroatoms. The Kier molecular flexibility index (Phi) is 6.10. The van der Waals surface area contributed by atoms with Crippen LogP contribution in [0.2, 0.25) is 0 Å². The van der Waals surface area contributed by atoms with E-state index in [1.807, 2.05) is 24.3 Å². The average Bonchev–Trinajstić information content (AvgIpc) is 2.56. The van der Waals surface area contributed by atoms with Crippen LogP contribution in [0.3, 0.4) is 0 Å².